The van der Waals surface area contributed by atoms with Gasteiger partial charge >= 0.3 is 12.4 Å². The maximum atomic E-state index is 13.4. The molecule has 0 fully saturated rings. The van der Waals surface area contributed by atoms with E-state index in [9.17, 15) is 40.0 Å². The lowest BCUT2D eigenvalue weighted by atomic mass is 10.1. The Morgan fingerprint density at radius 1 is 0.944 bits per heavy atom. The second kappa shape index (κ2) is 9.50. The van der Waals surface area contributed by atoms with E-state index in [1.807, 2.05) is 0 Å². The number of rotatable bonds is 5. The Labute approximate surface area is 204 Å². The SMILES string of the molecule is Cc1c(/C=C(\C#N)S(=O)(=O)c2ccccc2)cc(C(C)C)n1-c1cc(C(F)(F)F)cc(C(F)(F)F)c1. The standard InChI is InChI=1S/C25H20F6N2O2S/c1-15(2)23-10-17(9-22(14-32)36(34,35)21-7-5-4-6-8-21)16(3)33(23)20-12-18(24(26,27)28)11-19(13-20)25(29,30)31/h4-13,15H,1-3H3/b22-9+. The van der Waals surface area contributed by atoms with Crippen LogP contribution in [0.1, 0.15) is 47.8 Å². The molecular weight excluding hydrogens is 506 g/mol. The molecule has 0 aliphatic rings. The van der Waals surface area contributed by atoms with Gasteiger partial charge in [-0.3, -0.25) is 0 Å². The number of halogens is 6. The summed E-state index contributed by atoms with van der Waals surface area (Å²) in [6.07, 6.45) is -9.00. The molecule has 0 aliphatic carbocycles. The van der Waals surface area contributed by atoms with Crippen LogP contribution in [0.25, 0.3) is 11.8 Å². The minimum atomic E-state index is -5.03. The van der Waals surface area contributed by atoms with Crippen LogP contribution in [0, 0.1) is 18.3 Å². The molecule has 0 saturated heterocycles. The van der Waals surface area contributed by atoms with Crippen LogP contribution in [0.4, 0.5) is 26.3 Å². The van der Waals surface area contributed by atoms with Crippen LogP contribution in [0.5, 0.6) is 0 Å². The fourth-order valence-corrected chi connectivity index (χ4v) is 4.84. The van der Waals surface area contributed by atoms with Crippen LogP contribution in [0.3, 0.4) is 0 Å². The molecule has 0 unspecified atom stereocenters. The Morgan fingerprint density at radius 2 is 1.47 bits per heavy atom. The van der Waals surface area contributed by atoms with E-state index in [4.69, 9.17) is 0 Å². The molecule has 0 aliphatic heterocycles. The average molecular weight is 527 g/mol. The molecule has 3 rings (SSSR count). The zero-order valence-electron chi connectivity index (χ0n) is 19.2. The van der Waals surface area contributed by atoms with Gasteiger partial charge in [-0.2, -0.15) is 31.6 Å². The normalized spacial score (nSPS) is 13.2. The molecule has 36 heavy (non-hydrogen) atoms. The molecule has 2 aromatic carbocycles. The summed E-state index contributed by atoms with van der Waals surface area (Å²) in [6.45, 7) is 4.79. The van der Waals surface area contributed by atoms with Crippen molar-refractivity contribution in [1.82, 2.24) is 4.57 Å². The highest BCUT2D eigenvalue weighted by Gasteiger charge is 2.37. The number of alkyl halides is 6. The molecule has 11 heteroatoms. The van der Waals surface area contributed by atoms with Crippen molar-refractivity contribution in [2.45, 2.75) is 43.9 Å². The van der Waals surface area contributed by atoms with Crippen LogP contribution in [-0.4, -0.2) is 13.0 Å². The van der Waals surface area contributed by atoms with E-state index in [1.165, 1.54) is 41.8 Å². The number of benzene rings is 2. The Hall–Kier alpha value is -3.52. The summed E-state index contributed by atoms with van der Waals surface area (Å²) in [6, 6.07) is 11.5. The zero-order chi connectivity index (χ0) is 27.1. The molecule has 0 radical (unpaired) electrons. The number of sulfone groups is 1. The third-order valence-electron chi connectivity index (χ3n) is 5.48. The molecular formula is C25H20F6N2O2S. The molecule has 0 saturated carbocycles. The molecule has 0 atom stereocenters. The summed E-state index contributed by atoms with van der Waals surface area (Å²) in [5, 5.41) is 9.58. The Kier molecular flexibility index (Phi) is 7.15. The molecule has 0 bridgehead atoms. The van der Waals surface area contributed by atoms with Crippen molar-refractivity contribution in [3.63, 3.8) is 0 Å². The Morgan fingerprint density at radius 3 is 1.92 bits per heavy atom. The smallest absolute Gasteiger partial charge is 0.317 e. The van der Waals surface area contributed by atoms with Crippen molar-refractivity contribution in [2.75, 3.05) is 0 Å². The van der Waals surface area contributed by atoms with E-state index in [-0.39, 0.29) is 33.8 Å². The van der Waals surface area contributed by atoms with E-state index in [0.717, 1.165) is 6.08 Å². The first-order valence-electron chi connectivity index (χ1n) is 10.5. The van der Waals surface area contributed by atoms with Gasteiger partial charge in [-0.1, -0.05) is 32.0 Å². The second-order valence-electron chi connectivity index (χ2n) is 8.30. The van der Waals surface area contributed by atoms with E-state index in [1.54, 1.807) is 26.0 Å². The van der Waals surface area contributed by atoms with Crippen molar-refractivity contribution >= 4 is 15.9 Å². The first kappa shape index (κ1) is 27.1. The lowest BCUT2D eigenvalue weighted by Crippen LogP contribution is -2.13. The van der Waals surface area contributed by atoms with Crippen molar-refractivity contribution in [2.24, 2.45) is 0 Å². The van der Waals surface area contributed by atoms with Gasteiger partial charge in [-0.05, 0) is 60.9 Å². The van der Waals surface area contributed by atoms with Crippen LogP contribution in [0.15, 0.2) is 64.4 Å². The molecule has 0 N–H and O–H groups in total. The first-order valence-corrected chi connectivity index (χ1v) is 12.0. The van der Waals surface area contributed by atoms with Gasteiger partial charge in [0.2, 0.25) is 9.84 Å². The largest absolute Gasteiger partial charge is 0.416 e. The van der Waals surface area contributed by atoms with Crippen molar-refractivity contribution < 1.29 is 34.8 Å². The Bertz CT molecular complexity index is 1430. The number of hydrogen-bond acceptors (Lipinski definition) is 3. The lowest BCUT2D eigenvalue weighted by molar-refractivity contribution is -0.143. The van der Waals surface area contributed by atoms with Crippen LogP contribution >= 0.6 is 0 Å². The molecule has 0 spiro atoms. The summed E-state index contributed by atoms with van der Waals surface area (Å²) in [7, 11) is -4.21. The molecule has 190 valence electrons. The van der Waals surface area contributed by atoms with Crippen molar-refractivity contribution in [3.05, 3.63) is 87.6 Å². The lowest BCUT2D eigenvalue weighted by Gasteiger charge is -2.19. The minimum Gasteiger partial charge on any atom is -0.317 e. The maximum Gasteiger partial charge on any atom is 0.416 e. The average Bonchev–Trinajstić information content (AvgIpc) is 3.12. The number of allylic oxidation sites excluding steroid dienone is 1. The number of nitrogens with zero attached hydrogens (tertiary/aromatic N) is 2. The van der Waals surface area contributed by atoms with Gasteiger partial charge in [0.15, 0.2) is 0 Å². The summed E-state index contributed by atoms with van der Waals surface area (Å²) >= 11 is 0. The van der Waals surface area contributed by atoms with E-state index >= 15 is 0 Å². The molecule has 0 amide bonds. The van der Waals surface area contributed by atoms with Crippen LogP contribution < -0.4 is 0 Å². The number of aromatic nitrogens is 1. The quantitative estimate of drug-likeness (QED) is 0.259. The fourth-order valence-electron chi connectivity index (χ4n) is 3.67. The predicted molar refractivity (Wildman–Crippen MR) is 122 cm³/mol. The van der Waals surface area contributed by atoms with E-state index in [0.29, 0.717) is 17.8 Å². The van der Waals surface area contributed by atoms with Gasteiger partial charge in [0, 0.05) is 17.1 Å². The topological polar surface area (TPSA) is 62.9 Å². The van der Waals surface area contributed by atoms with Gasteiger partial charge in [0.1, 0.15) is 11.0 Å². The maximum absolute atomic E-state index is 13.4. The van der Waals surface area contributed by atoms with E-state index < -0.39 is 38.2 Å². The minimum absolute atomic E-state index is 0.0401. The third kappa shape index (κ3) is 5.33. The molecule has 3 aromatic rings. The summed E-state index contributed by atoms with van der Waals surface area (Å²) in [5.41, 5.74) is -2.67. The highest BCUT2D eigenvalue weighted by atomic mass is 32.2. The van der Waals surface area contributed by atoms with Gasteiger partial charge in [-0.25, -0.2) is 8.42 Å². The summed E-state index contributed by atoms with van der Waals surface area (Å²) in [4.78, 5) is -0.754. The molecule has 1 heterocycles. The number of nitriles is 1. The fraction of sp³-hybridized carbons (Fsp3) is 0.240. The monoisotopic (exact) mass is 526 g/mol. The highest BCUT2D eigenvalue weighted by molar-refractivity contribution is 7.95. The van der Waals surface area contributed by atoms with Gasteiger partial charge in [0.25, 0.3) is 0 Å². The third-order valence-corrected chi connectivity index (χ3v) is 7.16. The predicted octanol–water partition coefficient (Wildman–Crippen LogP) is 7.29. The Balaban J connectivity index is 2.29. The number of hydrogen-bond donors (Lipinski definition) is 0. The van der Waals surface area contributed by atoms with Gasteiger partial charge in [0.05, 0.1) is 16.0 Å². The zero-order valence-corrected chi connectivity index (χ0v) is 20.1. The van der Waals surface area contributed by atoms with Crippen molar-refractivity contribution in [1.29, 1.82) is 5.26 Å². The first-order chi connectivity index (χ1) is 16.6. The summed E-state index contributed by atoms with van der Waals surface area (Å²) in [5.74, 6) is -0.369. The highest BCUT2D eigenvalue weighted by Crippen LogP contribution is 2.39. The second-order valence-corrected chi connectivity index (χ2v) is 10.2. The van der Waals surface area contributed by atoms with Crippen LogP contribution in [0.2, 0.25) is 0 Å². The molecule has 4 nitrogen and oxygen atoms in total. The van der Waals surface area contributed by atoms with Crippen molar-refractivity contribution in [3.8, 4) is 11.8 Å². The summed E-state index contributed by atoms with van der Waals surface area (Å²) < 4.78 is 108. The van der Waals surface area contributed by atoms with Gasteiger partial charge in [-0.15, -0.1) is 0 Å². The molecule has 1 aromatic heterocycles. The van der Waals surface area contributed by atoms with E-state index in [2.05, 4.69) is 0 Å². The van der Waals surface area contributed by atoms with Crippen LogP contribution in [-0.2, 0) is 22.2 Å². The van der Waals surface area contributed by atoms with Gasteiger partial charge < -0.3 is 4.57 Å².